The van der Waals surface area contributed by atoms with Crippen molar-refractivity contribution >= 4 is 17.3 Å². The third kappa shape index (κ3) is 4.57. The molecule has 0 atom stereocenters. The molecule has 0 rings (SSSR count). The molecule has 0 spiro atoms. The molecule has 0 aliphatic heterocycles. The summed E-state index contributed by atoms with van der Waals surface area (Å²) >= 11 is 5.57. The van der Waals surface area contributed by atoms with Crippen molar-refractivity contribution in [1.29, 1.82) is 0 Å². The van der Waals surface area contributed by atoms with Gasteiger partial charge >= 0.3 is 0 Å². The van der Waals surface area contributed by atoms with Crippen LogP contribution in [0.4, 0.5) is 0 Å². The number of aliphatic imine (C=N–C) groups is 1. The van der Waals surface area contributed by atoms with Gasteiger partial charge in [-0.25, -0.2) is 0 Å². The minimum Gasteiger partial charge on any atom is -0.255 e. The Labute approximate surface area is 72.8 Å². The number of rotatable bonds is 3. The van der Waals surface area contributed by atoms with E-state index in [1.807, 2.05) is 6.92 Å². The van der Waals surface area contributed by atoms with E-state index in [-0.39, 0.29) is 0 Å². The number of nitrogens with zero attached hydrogens (tertiary/aromatic N) is 1. The first-order chi connectivity index (χ1) is 5.07. The average molecular weight is 170 g/mol. The predicted molar refractivity (Wildman–Crippen MR) is 52.1 cm³/mol. The predicted octanol–water partition coefficient (Wildman–Crippen LogP) is 3.29. The second-order valence-corrected chi connectivity index (χ2v) is 2.81. The molecule has 0 N–H and O–H groups in total. The summed E-state index contributed by atoms with van der Waals surface area (Å²) in [5.41, 5.74) is 1.65. The summed E-state index contributed by atoms with van der Waals surface area (Å²) in [6.07, 6.45) is 3.23. The molecular formula is C9H12ClN. The van der Waals surface area contributed by atoms with Crippen molar-refractivity contribution in [3.05, 3.63) is 36.0 Å². The van der Waals surface area contributed by atoms with E-state index in [1.54, 1.807) is 19.2 Å². The maximum Gasteiger partial charge on any atom is 0.0647 e. The van der Waals surface area contributed by atoms with E-state index in [0.717, 1.165) is 11.3 Å². The number of halogens is 1. The molecule has 0 amide bonds. The molecule has 1 nitrogen and oxygen atoms in total. The molecule has 0 saturated heterocycles. The summed E-state index contributed by atoms with van der Waals surface area (Å²) in [5, 5.41) is 0.644. The van der Waals surface area contributed by atoms with Gasteiger partial charge in [-0.15, -0.1) is 0 Å². The lowest BCUT2D eigenvalue weighted by Gasteiger charge is -1.94. The standard InChI is InChI=1S/C9H12ClN/c1-5-9(7(2)3)11-6-8(4)10/h5-6H,1-2H2,3-4H3/b8-6+,11-9+. The van der Waals surface area contributed by atoms with Crippen molar-refractivity contribution in [2.75, 3.05) is 0 Å². The number of hydrogen-bond donors (Lipinski definition) is 0. The van der Waals surface area contributed by atoms with E-state index in [1.165, 1.54) is 0 Å². The molecule has 2 heteroatoms. The van der Waals surface area contributed by atoms with Crippen LogP contribution in [0.3, 0.4) is 0 Å². The summed E-state index contributed by atoms with van der Waals surface area (Å²) in [7, 11) is 0. The first-order valence-corrected chi connectivity index (χ1v) is 3.64. The van der Waals surface area contributed by atoms with Crippen molar-refractivity contribution in [2.45, 2.75) is 13.8 Å². The molecule has 0 radical (unpaired) electrons. The van der Waals surface area contributed by atoms with Crippen molar-refractivity contribution in [3.63, 3.8) is 0 Å². The molecule has 60 valence electrons. The maximum atomic E-state index is 5.57. The fourth-order valence-corrected chi connectivity index (χ4v) is 0.544. The van der Waals surface area contributed by atoms with Gasteiger partial charge in [-0.1, -0.05) is 24.8 Å². The summed E-state index contributed by atoms with van der Waals surface area (Å²) < 4.78 is 0. The Morgan fingerprint density at radius 1 is 1.45 bits per heavy atom. The van der Waals surface area contributed by atoms with Gasteiger partial charge in [0.1, 0.15) is 0 Å². The average Bonchev–Trinajstić information content (AvgIpc) is 1.87. The molecule has 0 aromatic heterocycles. The number of allylic oxidation sites excluding steroid dienone is 3. The fraction of sp³-hybridized carbons (Fsp3) is 0.222. The van der Waals surface area contributed by atoms with E-state index in [9.17, 15) is 0 Å². The van der Waals surface area contributed by atoms with Gasteiger partial charge in [0, 0.05) is 11.2 Å². The normalized spacial score (nSPS) is 13.0. The molecule has 0 aliphatic carbocycles. The summed E-state index contributed by atoms with van der Waals surface area (Å²) in [4.78, 5) is 4.05. The van der Waals surface area contributed by atoms with Crippen LogP contribution >= 0.6 is 11.6 Å². The van der Waals surface area contributed by atoms with Crippen molar-refractivity contribution in [3.8, 4) is 0 Å². The molecule has 0 aromatic rings. The molecule has 0 aliphatic rings. The first-order valence-electron chi connectivity index (χ1n) is 3.26. The highest BCUT2D eigenvalue weighted by Crippen LogP contribution is 2.01. The van der Waals surface area contributed by atoms with Gasteiger partial charge in [0.15, 0.2) is 0 Å². The lowest BCUT2D eigenvalue weighted by Crippen LogP contribution is -1.91. The van der Waals surface area contributed by atoms with E-state index >= 15 is 0 Å². The van der Waals surface area contributed by atoms with Crippen molar-refractivity contribution in [2.24, 2.45) is 4.99 Å². The lowest BCUT2D eigenvalue weighted by atomic mass is 10.2. The van der Waals surface area contributed by atoms with E-state index < -0.39 is 0 Å². The topological polar surface area (TPSA) is 12.4 Å². The van der Waals surface area contributed by atoms with Crippen LogP contribution in [-0.2, 0) is 0 Å². The fourth-order valence-electron chi connectivity index (χ4n) is 0.496. The minimum atomic E-state index is 0.644. The van der Waals surface area contributed by atoms with Crippen LogP contribution in [0.1, 0.15) is 13.8 Å². The Hall–Kier alpha value is -0.820. The quantitative estimate of drug-likeness (QED) is 0.575. The maximum absolute atomic E-state index is 5.57. The third-order valence-electron chi connectivity index (χ3n) is 1.01. The second kappa shape index (κ2) is 4.91. The van der Waals surface area contributed by atoms with Crippen LogP contribution in [0.2, 0.25) is 0 Å². The molecule has 0 unspecified atom stereocenters. The Morgan fingerprint density at radius 2 is 2.00 bits per heavy atom. The summed E-state index contributed by atoms with van der Waals surface area (Å²) in [6.45, 7) is 11.0. The van der Waals surface area contributed by atoms with Gasteiger partial charge in [-0.2, -0.15) is 0 Å². The zero-order chi connectivity index (χ0) is 8.85. The highest BCUT2D eigenvalue weighted by Gasteiger charge is 1.90. The zero-order valence-corrected chi connectivity index (χ0v) is 7.65. The van der Waals surface area contributed by atoms with Crippen molar-refractivity contribution < 1.29 is 0 Å². The van der Waals surface area contributed by atoms with E-state index in [0.29, 0.717) is 5.03 Å². The van der Waals surface area contributed by atoms with Gasteiger partial charge in [-0.05, 0) is 25.5 Å². The van der Waals surface area contributed by atoms with Crippen LogP contribution in [-0.4, -0.2) is 5.71 Å². The molecule has 0 fully saturated rings. The van der Waals surface area contributed by atoms with Crippen LogP contribution in [0.15, 0.2) is 41.0 Å². The van der Waals surface area contributed by atoms with E-state index in [4.69, 9.17) is 11.6 Å². The monoisotopic (exact) mass is 169 g/mol. The van der Waals surface area contributed by atoms with Crippen LogP contribution in [0, 0.1) is 0 Å². The van der Waals surface area contributed by atoms with Crippen LogP contribution < -0.4 is 0 Å². The lowest BCUT2D eigenvalue weighted by molar-refractivity contribution is 1.47. The first kappa shape index (κ1) is 10.2. The highest BCUT2D eigenvalue weighted by atomic mass is 35.5. The molecule has 0 saturated carbocycles. The SMILES string of the molecule is C=C/C(=N\C=C(/C)Cl)C(=C)C. The summed E-state index contributed by atoms with van der Waals surface area (Å²) in [6, 6.07) is 0. The van der Waals surface area contributed by atoms with Crippen LogP contribution in [0.25, 0.3) is 0 Å². The summed E-state index contributed by atoms with van der Waals surface area (Å²) in [5.74, 6) is 0. The third-order valence-corrected chi connectivity index (χ3v) is 1.11. The number of hydrogen-bond acceptors (Lipinski definition) is 1. The van der Waals surface area contributed by atoms with Gasteiger partial charge in [-0.3, -0.25) is 4.99 Å². The molecular weight excluding hydrogens is 158 g/mol. The Kier molecular flexibility index (Phi) is 4.55. The van der Waals surface area contributed by atoms with Gasteiger partial charge < -0.3 is 0 Å². The minimum absolute atomic E-state index is 0.644. The molecule has 0 bridgehead atoms. The Morgan fingerprint density at radius 3 is 2.27 bits per heavy atom. The molecule has 11 heavy (non-hydrogen) atoms. The van der Waals surface area contributed by atoms with Gasteiger partial charge in [0.25, 0.3) is 0 Å². The van der Waals surface area contributed by atoms with Crippen molar-refractivity contribution in [1.82, 2.24) is 0 Å². The second-order valence-electron chi connectivity index (χ2n) is 2.21. The molecule has 0 aromatic carbocycles. The highest BCUT2D eigenvalue weighted by molar-refractivity contribution is 6.29. The Bertz CT molecular complexity index is 220. The van der Waals surface area contributed by atoms with Gasteiger partial charge in [0.05, 0.1) is 5.71 Å². The smallest absolute Gasteiger partial charge is 0.0647 e. The zero-order valence-electron chi connectivity index (χ0n) is 6.89. The Balaban J connectivity index is 4.50. The van der Waals surface area contributed by atoms with Gasteiger partial charge in [0.2, 0.25) is 0 Å². The van der Waals surface area contributed by atoms with E-state index in [2.05, 4.69) is 18.2 Å². The largest absolute Gasteiger partial charge is 0.255 e. The molecule has 0 heterocycles. The van der Waals surface area contributed by atoms with Crippen LogP contribution in [0.5, 0.6) is 0 Å².